The van der Waals surface area contributed by atoms with E-state index < -0.39 is 6.10 Å². The number of aliphatic hydroxyl groups is 1. The van der Waals surface area contributed by atoms with Crippen LogP contribution in [-0.2, 0) is 0 Å². The molecule has 0 aliphatic heterocycles. The number of thioether (sulfide) groups is 1. The van der Waals surface area contributed by atoms with Gasteiger partial charge in [-0.3, -0.25) is 4.57 Å². The van der Waals surface area contributed by atoms with E-state index in [9.17, 15) is 5.11 Å². The Labute approximate surface area is 178 Å². The molecule has 0 spiro atoms. The third-order valence-electron chi connectivity index (χ3n) is 4.30. The highest BCUT2D eigenvalue weighted by molar-refractivity contribution is 7.99. The van der Waals surface area contributed by atoms with Crippen LogP contribution in [0, 0.1) is 0 Å². The summed E-state index contributed by atoms with van der Waals surface area (Å²) in [6.07, 6.45) is 0.928. The second kappa shape index (κ2) is 9.51. The van der Waals surface area contributed by atoms with Crippen LogP contribution in [0.5, 0.6) is 11.5 Å². The number of hydrogen-bond acceptors (Lipinski definition) is 7. The first kappa shape index (κ1) is 20.1. The van der Waals surface area contributed by atoms with E-state index in [0.717, 1.165) is 11.4 Å². The van der Waals surface area contributed by atoms with E-state index in [1.165, 1.54) is 11.8 Å². The summed E-state index contributed by atoms with van der Waals surface area (Å²) in [5.74, 6) is 3.07. The zero-order chi connectivity index (χ0) is 20.8. The first-order chi connectivity index (χ1) is 14.7. The van der Waals surface area contributed by atoms with Crippen molar-refractivity contribution in [3.8, 4) is 28.8 Å². The van der Waals surface area contributed by atoms with Crippen molar-refractivity contribution >= 4 is 11.8 Å². The maximum atomic E-state index is 10.4. The van der Waals surface area contributed by atoms with E-state index >= 15 is 0 Å². The smallest absolute Gasteiger partial charge is 0.205 e. The van der Waals surface area contributed by atoms with Gasteiger partial charge >= 0.3 is 0 Å². The minimum absolute atomic E-state index is 0.170. The number of benzene rings is 2. The Bertz CT molecular complexity index is 1050. The number of aromatic nitrogens is 3. The third-order valence-corrected chi connectivity index (χ3v) is 5.37. The van der Waals surface area contributed by atoms with Crippen LogP contribution in [-0.4, -0.2) is 45.4 Å². The van der Waals surface area contributed by atoms with Crippen molar-refractivity contribution in [1.82, 2.24) is 14.8 Å². The van der Waals surface area contributed by atoms with E-state index in [2.05, 4.69) is 10.2 Å². The molecule has 7 nitrogen and oxygen atoms in total. The fourth-order valence-electron chi connectivity index (χ4n) is 2.82. The minimum Gasteiger partial charge on any atom is -0.497 e. The van der Waals surface area contributed by atoms with E-state index in [-0.39, 0.29) is 6.61 Å². The zero-order valence-electron chi connectivity index (χ0n) is 16.3. The summed E-state index contributed by atoms with van der Waals surface area (Å²) in [6, 6.07) is 20.7. The van der Waals surface area contributed by atoms with Gasteiger partial charge in [0.05, 0.1) is 19.5 Å². The molecule has 4 aromatic rings. The van der Waals surface area contributed by atoms with Crippen LogP contribution < -0.4 is 9.47 Å². The Morgan fingerprint density at radius 1 is 1.00 bits per heavy atom. The first-order valence-corrected chi connectivity index (χ1v) is 10.4. The van der Waals surface area contributed by atoms with Gasteiger partial charge in [0.2, 0.25) is 5.82 Å². The van der Waals surface area contributed by atoms with Gasteiger partial charge in [0.1, 0.15) is 18.1 Å². The molecule has 2 aromatic heterocycles. The average molecular weight is 423 g/mol. The molecule has 1 atom stereocenters. The van der Waals surface area contributed by atoms with Gasteiger partial charge in [-0.25, -0.2) is 0 Å². The highest BCUT2D eigenvalue weighted by Gasteiger charge is 2.19. The molecule has 0 saturated carbocycles. The molecular formula is C22H21N3O4S. The monoisotopic (exact) mass is 423 g/mol. The normalized spacial score (nSPS) is 11.9. The van der Waals surface area contributed by atoms with Crippen molar-refractivity contribution in [3.63, 3.8) is 0 Å². The summed E-state index contributed by atoms with van der Waals surface area (Å²) >= 11 is 1.41. The van der Waals surface area contributed by atoms with Gasteiger partial charge in [-0.1, -0.05) is 30.0 Å². The SMILES string of the molecule is COc1ccc(OCC(O)CSc2nnc(-c3ccco3)n2-c2ccccc2)cc1. The number of para-hydroxylation sites is 1. The van der Waals surface area contributed by atoms with Crippen LogP contribution in [0.2, 0.25) is 0 Å². The molecule has 2 aromatic carbocycles. The number of rotatable bonds is 9. The van der Waals surface area contributed by atoms with E-state index in [0.29, 0.717) is 28.2 Å². The molecule has 4 rings (SSSR count). The van der Waals surface area contributed by atoms with Gasteiger partial charge in [-0.2, -0.15) is 0 Å². The van der Waals surface area contributed by atoms with Crippen molar-refractivity contribution in [1.29, 1.82) is 0 Å². The molecule has 8 heteroatoms. The number of furan rings is 1. The Kier molecular flexibility index (Phi) is 6.36. The van der Waals surface area contributed by atoms with Gasteiger partial charge in [-0.15, -0.1) is 10.2 Å². The summed E-state index contributed by atoms with van der Waals surface area (Å²) in [5.41, 5.74) is 0.917. The Morgan fingerprint density at radius 2 is 1.77 bits per heavy atom. The number of hydrogen-bond donors (Lipinski definition) is 1. The van der Waals surface area contributed by atoms with Crippen molar-refractivity contribution in [2.75, 3.05) is 19.5 Å². The molecule has 0 radical (unpaired) electrons. The van der Waals surface area contributed by atoms with Crippen molar-refractivity contribution in [2.45, 2.75) is 11.3 Å². The lowest BCUT2D eigenvalue weighted by molar-refractivity contribution is 0.126. The lowest BCUT2D eigenvalue weighted by atomic mass is 10.3. The maximum absolute atomic E-state index is 10.4. The van der Waals surface area contributed by atoms with E-state index in [1.807, 2.05) is 59.2 Å². The molecular weight excluding hydrogens is 402 g/mol. The predicted octanol–water partition coefficient (Wildman–Crippen LogP) is 4.07. The first-order valence-electron chi connectivity index (χ1n) is 9.37. The molecule has 0 saturated heterocycles. The van der Waals surface area contributed by atoms with Crippen LogP contribution >= 0.6 is 11.8 Å². The third kappa shape index (κ3) is 4.67. The van der Waals surface area contributed by atoms with Crippen molar-refractivity contribution in [2.24, 2.45) is 0 Å². The van der Waals surface area contributed by atoms with Crippen LogP contribution in [0.3, 0.4) is 0 Å². The number of aliphatic hydroxyl groups excluding tert-OH is 1. The average Bonchev–Trinajstić information content (AvgIpc) is 3.47. The summed E-state index contributed by atoms with van der Waals surface area (Å²) in [7, 11) is 1.61. The molecule has 30 heavy (non-hydrogen) atoms. The van der Waals surface area contributed by atoms with Gasteiger partial charge < -0.3 is 19.0 Å². The summed E-state index contributed by atoms with van der Waals surface area (Å²) in [4.78, 5) is 0. The molecule has 0 fully saturated rings. The fraction of sp³-hybridized carbons (Fsp3) is 0.182. The predicted molar refractivity (Wildman–Crippen MR) is 114 cm³/mol. The number of methoxy groups -OCH3 is 1. The topological polar surface area (TPSA) is 82.5 Å². The van der Waals surface area contributed by atoms with Gasteiger partial charge in [0.25, 0.3) is 0 Å². The quantitative estimate of drug-likeness (QED) is 0.406. The zero-order valence-corrected chi connectivity index (χ0v) is 17.2. The number of nitrogens with zero attached hydrogens (tertiary/aromatic N) is 3. The van der Waals surface area contributed by atoms with E-state index in [4.69, 9.17) is 13.9 Å². The van der Waals surface area contributed by atoms with Crippen LogP contribution in [0.4, 0.5) is 0 Å². The standard InChI is InChI=1S/C22H21N3O4S/c1-27-18-9-11-19(12-10-18)29-14-17(26)15-30-22-24-23-21(20-8-5-13-28-20)25(22)16-6-3-2-4-7-16/h2-13,17,26H,14-15H2,1H3. The molecule has 0 bridgehead atoms. The van der Waals surface area contributed by atoms with Crippen LogP contribution in [0.25, 0.3) is 17.3 Å². The molecule has 1 N–H and O–H groups in total. The second-order valence-electron chi connectivity index (χ2n) is 6.41. The summed E-state index contributed by atoms with van der Waals surface area (Å²) in [5, 5.41) is 19.6. The Hall–Kier alpha value is -3.23. The highest BCUT2D eigenvalue weighted by Crippen LogP contribution is 2.28. The van der Waals surface area contributed by atoms with Gasteiger partial charge in [0, 0.05) is 11.4 Å². The van der Waals surface area contributed by atoms with E-state index in [1.54, 1.807) is 25.5 Å². The van der Waals surface area contributed by atoms with Crippen molar-refractivity contribution < 1.29 is 19.0 Å². The molecule has 0 amide bonds. The maximum Gasteiger partial charge on any atom is 0.205 e. The molecule has 154 valence electrons. The minimum atomic E-state index is -0.676. The van der Waals surface area contributed by atoms with Gasteiger partial charge in [-0.05, 0) is 48.5 Å². The lowest BCUT2D eigenvalue weighted by Gasteiger charge is -2.13. The Balaban J connectivity index is 1.44. The summed E-state index contributed by atoms with van der Waals surface area (Å²) < 4.78 is 18.2. The largest absolute Gasteiger partial charge is 0.497 e. The highest BCUT2D eigenvalue weighted by atomic mass is 32.2. The Morgan fingerprint density at radius 3 is 2.47 bits per heavy atom. The lowest BCUT2D eigenvalue weighted by Crippen LogP contribution is -2.20. The molecule has 1 unspecified atom stereocenters. The molecule has 2 heterocycles. The molecule has 0 aliphatic carbocycles. The van der Waals surface area contributed by atoms with Crippen molar-refractivity contribution in [3.05, 3.63) is 73.0 Å². The summed E-state index contributed by atoms with van der Waals surface area (Å²) in [6.45, 7) is 0.170. The molecule has 0 aliphatic rings. The van der Waals surface area contributed by atoms with Crippen LogP contribution in [0.15, 0.2) is 82.6 Å². The second-order valence-corrected chi connectivity index (χ2v) is 7.39. The van der Waals surface area contributed by atoms with Gasteiger partial charge in [0.15, 0.2) is 10.9 Å². The fourth-order valence-corrected chi connectivity index (χ4v) is 3.68. The number of ether oxygens (including phenoxy) is 2. The van der Waals surface area contributed by atoms with Crippen LogP contribution in [0.1, 0.15) is 0 Å².